The van der Waals surface area contributed by atoms with Crippen LogP contribution >= 0.6 is 0 Å². The van der Waals surface area contributed by atoms with Crippen molar-refractivity contribution in [3.63, 3.8) is 0 Å². The molecule has 1 fully saturated rings. The summed E-state index contributed by atoms with van der Waals surface area (Å²) in [5.41, 5.74) is 2.64. The van der Waals surface area contributed by atoms with Gasteiger partial charge in [0.1, 0.15) is 11.4 Å². The monoisotopic (exact) mass is 313 g/mol. The maximum absolute atomic E-state index is 12.1. The van der Waals surface area contributed by atoms with Crippen molar-refractivity contribution in [2.45, 2.75) is 19.6 Å². The van der Waals surface area contributed by atoms with Gasteiger partial charge in [0, 0.05) is 31.9 Å². The molecule has 0 saturated carbocycles. The van der Waals surface area contributed by atoms with E-state index in [2.05, 4.69) is 10.3 Å². The average molecular weight is 313 g/mol. The van der Waals surface area contributed by atoms with Gasteiger partial charge in [0.2, 0.25) is 5.43 Å². The first-order valence-corrected chi connectivity index (χ1v) is 7.52. The number of anilines is 1. The Hall–Kier alpha value is -2.60. The Morgan fingerprint density at radius 1 is 1.35 bits per heavy atom. The topological polar surface area (TPSA) is 85.4 Å². The van der Waals surface area contributed by atoms with Crippen molar-refractivity contribution in [2.75, 3.05) is 18.0 Å². The van der Waals surface area contributed by atoms with E-state index in [1.54, 1.807) is 4.90 Å². The lowest BCUT2D eigenvalue weighted by Gasteiger charge is -2.37. The summed E-state index contributed by atoms with van der Waals surface area (Å²) in [6.45, 7) is 3.30. The summed E-state index contributed by atoms with van der Waals surface area (Å²) < 4.78 is 0. The maximum atomic E-state index is 12.1. The van der Waals surface area contributed by atoms with Gasteiger partial charge in [-0.1, -0.05) is 29.8 Å². The lowest BCUT2D eigenvalue weighted by molar-refractivity contribution is 0.0945. The zero-order chi connectivity index (χ0) is 16.4. The lowest BCUT2D eigenvalue weighted by atomic mass is 10.1. The summed E-state index contributed by atoms with van der Waals surface area (Å²) in [5, 5.41) is 12.1. The van der Waals surface area contributed by atoms with Gasteiger partial charge in [-0.2, -0.15) is 0 Å². The van der Waals surface area contributed by atoms with Crippen molar-refractivity contribution in [3.8, 4) is 0 Å². The number of hydrogen-bond donors (Lipinski definition) is 3. The zero-order valence-corrected chi connectivity index (χ0v) is 12.9. The first-order valence-electron chi connectivity index (χ1n) is 7.52. The van der Waals surface area contributed by atoms with Gasteiger partial charge >= 0.3 is 0 Å². The molecule has 1 saturated heterocycles. The number of β-amino-alcohol motifs (C(OH)–C–C–N with tert-alkyl or cyclic N) is 1. The number of nitrogens with one attached hydrogen (secondary N) is 2. The van der Waals surface area contributed by atoms with Crippen molar-refractivity contribution in [3.05, 3.63) is 63.6 Å². The minimum atomic E-state index is -0.383. The number of aliphatic hydroxyl groups is 1. The average Bonchev–Trinajstić information content (AvgIpc) is 2.51. The van der Waals surface area contributed by atoms with Gasteiger partial charge in [0.25, 0.3) is 5.91 Å². The molecule has 0 atom stereocenters. The van der Waals surface area contributed by atoms with Crippen LogP contribution < -0.4 is 15.6 Å². The number of aryl methyl sites for hydroxylation is 1. The molecule has 1 aliphatic heterocycles. The Kier molecular flexibility index (Phi) is 4.16. The van der Waals surface area contributed by atoms with Crippen molar-refractivity contribution in [1.29, 1.82) is 0 Å². The number of rotatable bonds is 4. The quantitative estimate of drug-likeness (QED) is 0.779. The molecule has 2 aromatic rings. The molecule has 3 rings (SSSR count). The third-order valence-corrected chi connectivity index (χ3v) is 3.91. The van der Waals surface area contributed by atoms with Crippen LogP contribution in [0, 0.1) is 6.92 Å². The third-order valence-electron chi connectivity index (χ3n) is 3.91. The van der Waals surface area contributed by atoms with Gasteiger partial charge in [0.15, 0.2) is 0 Å². The predicted molar refractivity (Wildman–Crippen MR) is 87.6 cm³/mol. The maximum Gasteiger partial charge on any atom is 0.268 e. The molecule has 23 heavy (non-hydrogen) atoms. The lowest BCUT2D eigenvalue weighted by Crippen LogP contribution is -2.52. The van der Waals surface area contributed by atoms with Gasteiger partial charge in [-0.3, -0.25) is 9.59 Å². The molecule has 0 spiro atoms. The van der Waals surface area contributed by atoms with Gasteiger partial charge in [-0.15, -0.1) is 0 Å². The van der Waals surface area contributed by atoms with Crippen LogP contribution in [0.3, 0.4) is 0 Å². The molecule has 120 valence electrons. The molecule has 0 aliphatic carbocycles. The van der Waals surface area contributed by atoms with Crippen LogP contribution in [0.5, 0.6) is 0 Å². The molecule has 0 unspecified atom stereocenters. The molecule has 1 amide bonds. The number of nitrogens with zero attached hydrogens (tertiary/aromatic N) is 1. The molecule has 0 bridgehead atoms. The van der Waals surface area contributed by atoms with Crippen LogP contribution in [-0.2, 0) is 6.54 Å². The number of benzene rings is 1. The smallest absolute Gasteiger partial charge is 0.268 e. The summed E-state index contributed by atoms with van der Waals surface area (Å²) in [6.07, 6.45) is 1.14. The largest absolute Gasteiger partial charge is 0.389 e. The van der Waals surface area contributed by atoms with Gasteiger partial charge < -0.3 is 20.3 Å². The van der Waals surface area contributed by atoms with Crippen LogP contribution in [0.4, 0.5) is 5.69 Å². The third kappa shape index (κ3) is 3.43. The van der Waals surface area contributed by atoms with Crippen LogP contribution in [0.1, 0.15) is 21.6 Å². The predicted octanol–water partition coefficient (Wildman–Crippen LogP) is 0.794. The van der Waals surface area contributed by atoms with Crippen LogP contribution in [0.2, 0.25) is 0 Å². The molecule has 1 aromatic carbocycles. The highest BCUT2D eigenvalue weighted by atomic mass is 16.3. The molecule has 0 radical (unpaired) electrons. The highest BCUT2D eigenvalue weighted by Gasteiger charge is 2.26. The number of amides is 1. The second-order valence-electron chi connectivity index (χ2n) is 5.82. The van der Waals surface area contributed by atoms with E-state index in [9.17, 15) is 14.7 Å². The zero-order valence-electron chi connectivity index (χ0n) is 12.9. The summed E-state index contributed by atoms with van der Waals surface area (Å²) >= 11 is 0. The van der Waals surface area contributed by atoms with Crippen molar-refractivity contribution in [2.24, 2.45) is 0 Å². The van der Waals surface area contributed by atoms with E-state index >= 15 is 0 Å². The minimum Gasteiger partial charge on any atom is -0.389 e. The number of aromatic amines is 1. The fraction of sp³-hybridized carbons (Fsp3) is 0.294. The van der Waals surface area contributed by atoms with E-state index < -0.39 is 0 Å². The van der Waals surface area contributed by atoms with Crippen molar-refractivity contribution in [1.82, 2.24) is 10.3 Å². The Labute approximate surface area is 133 Å². The van der Waals surface area contributed by atoms with E-state index in [0.29, 0.717) is 25.3 Å². The number of carbonyl (C=O) groups excluding carboxylic acids is 1. The molecule has 2 heterocycles. The standard InChI is InChI=1S/C17H19N3O3/c1-11-2-4-12(5-3-11)7-19-17(23)14-6-16(22)15(8-18-14)20-9-13(21)10-20/h2-6,8,13,21H,7,9-10H2,1H3,(H,18,22)(H,19,23). The molecule has 6 nitrogen and oxygen atoms in total. The first-order chi connectivity index (χ1) is 11.0. The second-order valence-corrected chi connectivity index (χ2v) is 5.82. The minimum absolute atomic E-state index is 0.226. The van der Waals surface area contributed by atoms with E-state index in [-0.39, 0.29) is 23.1 Å². The normalized spacial score (nSPS) is 14.4. The van der Waals surface area contributed by atoms with Crippen molar-refractivity contribution < 1.29 is 9.90 Å². The number of aliphatic hydroxyl groups excluding tert-OH is 1. The van der Waals surface area contributed by atoms with Gasteiger partial charge in [0.05, 0.1) is 6.10 Å². The van der Waals surface area contributed by atoms with E-state index in [4.69, 9.17) is 0 Å². The summed E-state index contributed by atoms with van der Waals surface area (Å²) in [4.78, 5) is 28.8. The summed E-state index contributed by atoms with van der Waals surface area (Å²) in [6, 6.07) is 9.18. The summed E-state index contributed by atoms with van der Waals surface area (Å²) in [7, 11) is 0. The SMILES string of the molecule is Cc1ccc(CNC(=O)c2cc(=O)c(N3CC(O)C3)c[nH]2)cc1. The van der Waals surface area contributed by atoms with E-state index in [0.717, 1.165) is 11.1 Å². The number of H-pyrrole nitrogens is 1. The van der Waals surface area contributed by atoms with Crippen LogP contribution in [-0.4, -0.2) is 35.2 Å². The van der Waals surface area contributed by atoms with Gasteiger partial charge in [-0.25, -0.2) is 0 Å². The second kappa shape index (κ2) is 6.26. The van der Waals surface area contributed by atoms with Crippen molar-refractivity contribution >= 4 is 11.6 Å². The fourth-order valence-corrected chi connectivity index (χ4v) is 2.48. The number of aromatic nitrogens is 1. The van der Waals surface area contributed by atoms with Crippen LogP contribution in [0.15, 0.2) is 41.3 Å². The fourth-order valence-electron chi connectivity index (χ4n) is 2.48. The summed E-state index contributed by atoms with van der Waals surface area (Å²) in [5.74, 6) is -0.321. The number of pyridine rings is 1. The highest BCUT2D eigenvalue weighted by molar-refractivity contribution is 5.92. The van der Waals surface area contributed by atoms with E-state index in [1.807, 2.05) is 31.2 Å². The molecule has 1 aromatic heterocycles. The van der Waals surface area contributed by atoms with Gasteiger partial charge in [-0.05, 0) is 12.5 Å². The molecule has 3 N–H and O–H groups in total. The Balaban J connectivity index is 1.64. The molecular formula is C17H19N3O3. The van der Waals surface area contributed by atoms with E-state index in [1.165, 1.54) is 12.3 Å². The molecular weight excluding hydrogens is 294 g/mol. The Morgan fingerprint density at radius 3 is 2.65 bits per heavy atom. The highest BCUT2D eigenvalue weighted by Crippen LogP contribution is 2.15. The molecule has 6 heteroatoms. The van der Waals surface area contributed by atoms with Crippen LogP contribution in [0.25, 0.3) is 0 Å². The molecule has 1 aliphatic rings. The first kappa shape index (κ1) is 15.3. The number of hydrogen-bond acceptors (Lipinski definition) is 4. The number of carbonyl (C=O) groups is 1. The Bertz CT molecular complexity index is 761. The Morgan fingerprint density at radius 2 is 2.04 bits per heavy atom.